The van der Waals surface area contributed by atoms with Crippen LogP contribution in [0.15, 0.2) is 35.3 Å². The Balaban J connectivity index is 2.38. The Morgan fingerprint density at radius 1 is 1.30 bits per heavy atom. The summed E-state index contributed by atoms with van der Waals surface area (Å²) >= 11 is 5.88. The summed E-state index contributed by atoms with van der Waals surface area (Å²) in [6.45, 7) is 0. The van der Waals surface area contributed by atoms with Gasteiger partial charge in [-0.1, -0.05) is 11.6 Å². The van der Waals surface area contributed by atoms with Crippen molar-refractivity contribution in [2.24, 2.45) is 0 Å². The molecular weight excluding hydrogens is 295 g/mol. The molecule has 3 aromatic heterocycles. The zero-order valence-corrected chi connectivity index (χ0v) is 10.5. The number of rotatable bonds is 1. The van der Waals surface area contributed by atoms with E-state index < -0.39 is 11.7 Å². The predicted octanol–water partition coefficient (Wildman–Crippen LogP) is 3.85. The van der Waals surface area contributed by atoms with Crippen molar-refractivity contribution < 1.29 is 17.6 Å². The fraction of sp³-hybridized carbons (Fsp3) is 0.0833. The molecule has 0 spiro atoms. The van der Waals surface area contributed by atoms with Crippen molar-refractivity contribution in [1.29, 1.82) is 0 Å². The van der Waals surface area contributed by atoms with E-state index in [2.05, 4.69) is 4.98 Å². The molecule has 0 unspecified atom stereocenters. The molecule has 0 saturated heterocycles. The largest absolute Gasteiger partial charge is 0.472 e. The molecule has 0 aromatic carbocycles. The van der Waals surface area contributed by atoms with Crippen molar-refractivity contribution in [2.75, 3.05) is 5.73 Å². The van der Waals surface area contributed by atoms with Gasteiger partial charge >= 0.3 is 6.18 Å². The van der Waals surface area contributed by atoms with Crippen LogP contribution in [0.5, 0.6) is 0 Å². The van der Waals surface area contributed by atoms with Crippen LogP contribution in [0.3, 0.4) is 0 Å². The van der Waals surface area contributed by atoms with E-state index in [9.17, 15) is 13.2 Å². The van der Waals surface area contributed by atoms with Gasteiger partial charge in [-0.2, -0.15) is 13.2 Å². The first-order chi connectivity index (χ1) is 9.38. The fourth-order valence-electron chi connectivity index (χ4n) is 1.93. The predicted molar refractivity (Wildman–Crippen MR) is 67.3 cm³/mol. The summed E-state index contributed by atoms with van der Waals surface area (Å²) in [6.07, 6.45) is -0.421. The van der Waals surface area contributed by atoms with Gasteiger partial charge in [0.05, 0.1) is 18.1 Å². The molecule has 0 atom stereocenters. The molecule has 0 aliphatic rings. The number of hydrogen-bond donors (Lipinski definition) is 1. The van der Waals surface area contributed by atoms with Crippen LogP contribution < -0.4 is 5.73 Å². The number of pyridine rings is 1. The first-order valence-corrected chi connectivity index (χ1v) is 5.82. The van der Waals surface area contributed by atoms with Crippen molar-refractivity contribution in [2.45, 2.75) is 6.18 Å². The number of halogens is 4. The first-order valence-electron chi connectivity index (χ1n) is 5.45. The third-order valence-electron chi connectivity index (χ3n) is 2.85. The van der Waals surface area contributed by atoms with Crippen LogP contribution in [0.4, 0.5) is 19.0 Å². The van der Waals surface area contributed by atoms with Gasteiger partial charge in [0.1, 0.15) is 0 Å². The molecule has 0 radical (unpaired) electrons. The van der Waals surface area contributed by atoms with E-state index in [-0.39, 0.29) is 16.6 Å². The number of alkyl halides is 3. The summed E-state index contributed by atoms with van der Waals surface area (Å²) in [5.41, 5.74) is 5.05. The third kappa shape index (κ3) is 1.90. The maximum absolute atomic E-state index is 13.1. The number of nitrogens with zero attached hydrogens (tertiary/aromatic N) is 2. The number of imidazole rings is 1. The number of nitrogens with two attached hydrogens (primary N) is 1. The highest BCUT2D eigenvalue weighted by atomic mass is 35.5. The van der Waals surface area contributed by atoms with Crippen LogP contribution in [-0.4, -0.2) is 9.38 Å². The van der Waals surface area contributed by atoms with Crippen molar-refractivity contribution in [3.05, 3.63) is 41.6 Å². The SMILES string of the molecule is Nc1nc2c(C(F)(F)F)cc(-c3ccoc3)cn2c1Cl. The molecule has 104 valence electrons. The van der Waals surface area contributed by atoms with Gasteiger partial charge in [-0.3, -0.25) is 4.40 Å². The van der Waals surface area contributed by atoms with Gasteiger partial charge in [0.2, 0.25) is 0 Å². The lowest BCUT2D eigenvalue weighted by Crippen LogP contribution is -2.08. The Labute approximate surface area is 115 Å². The van der Waals surface area contributed by atoms with Gasteiger partial charge in [0, 0.05) is 17.3 Å². The topological polar surface area (TPSA) is 56.5 Å². The van der Waals surface area contributed by atoms with E-state index in [4.69, 9.17) is 21.8 Å². The molecule has 0 saturated carbocycles. The van der Waals surface area contributed by atoms with Crippen LogP contribution in [0.2, 0.25) is 5.15 Å². The molecule has 3 rings (SSSR count). The third-order valence-corrected chi connectivity index (χ3v) is 3.22. The van der Waals surface area contributed by atoms with Gasteiger partial charge in [0.15, 0.2) is 16.6 Å². The summed E-state index contributed by atoms with van der Waals surface area (Å²) in [4.78, 5) is 3.67. The van der Waals surface area contributed by atoms with Crippen molar-refractivity contribution in [3.8, 4) is 11.1 Å². The van der Waals surface area contributed by atoms with Gasteiger partial charge < -0.3 is 10.2 Å². The van der Waals surface area contributed by atoms with Gasteiger partial charge in [-0.25, -0.2) is 4.98 Å². The first kappa shape index (κ1) is 12.9. The summed E-state index contributed by atoms with van der Waals surface area (Å²) < 4.78 is 45.4. The summed E-state index contributed by atoms with van der Waals surface area (Å²) in [5.74, 6) is -0.151. The van der Waals surface area contributed by atoms with Crippen LogP contribution >= 0.6 is 11.6 Å². The average Bonchev–Trinajstić information content (AvgIpc) is 2.98. The molecule has 0 bridgehead atoms. The number of anilines is 1. The number of fused-ring (bicyclic) bond motifs is 1. The Kier molecular flexibility index (Phi) is 2.68. The van der Waals surface area contributed by atoms with E-state index in [0.717, 1.165) is 10.5 Å². The van der Waals surface area contributed by atoms with Crippen LogP contribution in [-0.2, 0) is 6.18 Å². The number of hydrogen-bond acceptors (Lipinski definition) is 3. The monoisotopic (exact) mass is 301 g/mol. The minimum Gasteiger partial charge on any atom is -0.472 e. The zero-order chi connectivity index (χ0) is 14.5. The van der Waals surface area contributed by atoms with Crippen LogP contribution in [0.25, 0.3) is 16.8 Å². The number of nitrogen functional groups attached to an aromatic ring is 1. The molecule has 0 amide bonds. The number of aromatic nitrogens is 2. The minimum atomic E-state index is -4.57. The molecule has 0 fully saturated rings. The lowest BCUT2D eigenvalue weighted by atomic mass is 10.1. The van der Waals surface area contributed by atoms with Gasteiger partial charge in [-0.05, 0) is 12.1 Å². The number of furan rings is 1. The van der Waals surface area contributed by atoms with E-state index in [0.29, 0.717) is 11.1 Å². The molecule has 4 nitrogen and oxygen atoms in total. The summed E-state index contributed by atoms with van der Waals surface area (Å²) in [7, 11) is 0. The second-order valence-electron chi connectivity index (χ2n) is 4.13. The molecule has 0 aliphatic carbocycles. The second-order valence-corrected chi connectivity index (χ2v) is 4.49. The lowest BCUT2D eigenvalue weighted by Gasteiger charge is -2.10. The van der Waals surface area contributed by atoms with Crippen LogP contribution in [0.1, 0.15) is 5.56 Å². The highest BCUT2D eigenvalue weighted by molar-refractivity contribution is 6.32. The normalized spacial score (nSPS) is 12.2. The van der Waals surface area contributed by atoms with Crippen molar-refractivity contribution in [3.63, 3.8) is 0 Å². The van der Waals surface area contributed by atoms with E-state index >= 15 is 0 Å². The standard InChI is InChI=1S/C12H7ClF3N3O/c13-9-10(17)18-11-8(12(14,15)16)3-7(4-19(9)11)6-1-2-20-5-6/h1-5H,17H2. The minimum absolute atomic E-state index is 0.0594. The van der Waals surface area contributed by atoms with Crippen LogP contribution in [0, 0.1) is 0 Å². The summed E-state index contributed by atoms with van der Waals surface area (Å²) in [5, 5.41) is -0.0594. The van der Waals surface area contributed by atoms with E-state index in [1.54, 1.807) is 6.07 Å². The Bertz CT molecular complexity index is 777. The molecular formula is C12H7ClF3N3O. The maximum atomic E-state index is 13.1. The summed E-state index contributed by atoms with van der Waals surface area (Å²) in [6, 6.07) is 2.54. The molecule has 0 aliphatic heterocycles. The molecule has 8 heteroatoms. The quantitative estimate of drug-likeness (QED) is 0.743. The van der Waals surface area contributed by atoms with E-state index in [1.165, 1.54) is 18.7 Å². The molecule has 2 N–H and O–H groups in total. The fourth-order valence-corrected chi connectivity index (χ4v) is 2.10. The van der Waals surface area contributed by atoms with Gasteiger partial charge in [0.25, 0.3) is 0 Å². The Morgan fingerprint density at radius 2 is 2.05 bits per heavy atom. The Morgan fingerprint density at radius 3 is 2.65 bits per heavy atom. The van der Waals surface area contributed by atoms with Gasteiger partial charge in [-0.15, -0.1) is 0 Å². The molecule has 3 aromatic rings. The smallest absolute Gasteiger partial charge is 0.420 e. The van der Waals surface area contributed by atoms with Crippen molar-refractivity contribution in [1.82, 2.24) is 9.38 Å². The maximum Gasteiger partial charge on any atom is 0.420 e. The molecule has 3 heterocycles. The molecule has 20 heavy (non-hydrogen) atoms. The lowest BCUT2D eigenvalue weighted by molar-refractivity contribution is -0.136. The van der Waals surface area contributed by atoms with Crippen molar-refractivity contribution >= 4 is 23.1 Å². The Hall–Kier alpha value is -2.15. The highest BCUT2D eigenvalue weighted by Crippen LogP contribution is 2.37. The zero-order valence-electron chi connectivity index (χ0n) is 9.78. The second kappa shape index (κ2) is 4.17. The highest BCUT2D eigenvalue weighted by Gasteiger charge is 2.35. The average molecular weight is 302 g/mol. The van der Waals surface area contributed by atoms with E-state index in [1.807, 2.05) is 0 Å².